The minimum atomic E-state index is -1.07. The highest BCUT2D eigenvalue weighted by atomic mass is 16.5. The number of carbonyl (C=O) groups excluding carboxylic acids is 1. The second-order valence-corrected chi connectivity index (χ2v) is 4.34. The van der Waals surface area contributed by atoms with Crippen molar-refractivity contribution in [3.63, 3.8) is 0 Å². The zero-order valence-corrected chi connectivity index (χ0v) is 11.6. The van der Waals surface area contributed by atoms with Gasteiger partial charge in [0, 0.05) is 0 Å². The van der Waals surface area contributed by atoms with E-state index in [9.17, 15) is 14.7 Å². The highest BCUT2D eigenvalue weighted by Crippen LogP contribution is 2.22. The predicted molar refractivity (Wildman–Crippen MR) is 76.7 cm³/mol. The Morgan fingerprint density at radius 1 is 1.24 bits per heavy atom. The lowest BCUT2D eigenvalue weighted by molar-refractivity contribution is -0.130. The van der Waals surface area contributed by atoms with Crippen LogP contribution in [0.4, 0.5) is 0 Å². The minimum Gasteiger partial charge on any atom is -0.478 e. The first kappa shape index (κ1) is 14.6. The van der Waals surface area contributed by atoms with Crippen LogP contribution in [0.2, 0.25) is 0 Å². The molecule has 0 bridgehead atoms. The molecule has 1 aromatic heterocycles. The van der Waals surface area contributed by atoms with Crippen LogP contribution in [-0.2, 0) is 9.53 Å². The van der Waals surface area contributed by atoms with Crippen molar-refractivity contribution in [3.8, 4) is 0 Å². The van der Waals surface area contributed by atoms with Gasteiger partial charge in [0.15, 0.2) is 0 Å². The van der Waals surface area contributed by atoms with Gasteiger partial charge in [0.05, 0.1) is 12.7 Å². The highest BCUT2D eigenvalue weighted by molar-refractivity contribution is 6.20. The average molecular weight is 286 g/mol. The molecule has 1 aromatic carbocycles. The number of carboxylic acids is 1. The van der Waals surface area contributed by atoms with Crippen LogP contribution in [0.15, 0.2) is 40.8 Å². The maximum Gasteiger partial charge on any atom is 0.341 e. The molecule has 0 unspecified atom stereocenters. The van der Waals surface area contributed by atoms with Crippen molar-refractivity contribution in [2.24, 2.45) is 0 Å². The Hall–Kier alpha value is -2.82. The summed E-state index contributed by atoms with van der Waals surface area (Å²) in [5, 5.41) is 9.32. The molecule has 0 saturated carbocycles. The van der Waals surface area contributed by atoms with Crippen molar-refractivity contribution in [1.82, 2.24) is 0 Å². The van der Waals surface area contributed by atoms with Gasteiger partial charge in [0.25, 0.3) is 0 Å². The first-order valence-electron chi connectivity index (χ1n) is 6.22. The lowest BCUT2D eigenvalue weighted by Gasteiger charge is -2.01. The number of carboxylic acid groups (broad SMARTS) is 1. The Morgan fingerprint density at radius 3 is 2.48 bits per heavy atom. The lowest BCUT2D eigenvalue weighted by Crippen LogP contribution is -2.00. The van der Waals surface area contributed by atoms with E-state index in [1.54, 1.807) is 37.3 Å². The fourth-order valence-electron chi connectivity index (χ4n) is 1.92. The van der Waals surface area contributed by atoms with Gasteiger partial charge < -0.3 is 14.3 Å². The molecule has 5 nitrogen and oxygen atoms in total. The van der Waals surface area contributed by atoms with E-state index in [4.69, 9.17) is 4.42 Å². The Bertz CT molecular complexity index is 695. The van der Waals surface area contributed by atoms with E-state index in [0.29, 0.717) is 11.3 Å². The molecule has 0 saturated heterocycles. The molecular weight excluding hydrogens is 272 g/mol. The molecule has 0 radical (unpaired) electrons. The van der Waals surface area contributed by atoms with Gasteiger partial charge in [-0.05, 0) is 24.6 Å². The highest BCUT2D eigenvalue weighted by Gasteiger charge is 2.16. The Morgan fingerprint density at radius 2 is 1.90 bits per heavy atom. The lowest BCUT2D eigenvalue weighted by atomic mass is 10.1. The molecule has 0 spiro atoms. The van der Waals surface area contributed by atoms with Crippen LogP contribution in [0.3, 0.4) is 0 Å². The summed E-state index contributed by atoms with van der Waals surface area (Å²) >= 11 is 0. The summed E-state index contributed by atoms with van der Waals surface area (Å²) in [4.78, 5) is 22.9. The molecule has 21 heavy (non-hydrogen) atoms. The monoisotopic (exact) mass is 286 g/mol. The number of ether oxygens (including phenoxy) is 1. The molecule has 5 heteroatoms. The zero-order valence-electron chi connectivity index (χ0n) is 11.6. The van der Waals surface area contributed by atoms with Crippen LogP contribution >= 0.6 is 0 Å². The second kappa shape index (κ2) is 6.09. The summed E-state index contributed by atoms with van der Waals surface area (Å²) in [5.41, 5.74) is 0.918. The number of esters is 1. The fraction of sp³-hybridized carbons (Fsp3) is 0.125. The molecule has 0 aliphatic carbocycles. The van der Waals surface area contributed by atoms with Gasteiger partial charge in [-0.2, -0.15) is 0 Å². The van der Waals surface area contributed by atoms with Crippen LogP contribution < -0.4 is 0 Å². The number of aryl methyl sites for hydroxylation is 1. The van der Waals surface area contributed by atoms with E-state index < -0.39 is 11.9 Å². The maximum absolute atomic E-state index is 11.5. The summed E-state index contributed by atoms with van der Waals surface area (Å²) in [7, 11) is 1.27. The first-order valence-corrected chi connectivity index (χ1v) is 6.22. The fourth-order valence-corrected chi connectivity index (χ4v) is 1.92. The molecule has 0 fully saturated rings. The summed E-state index contributed by atoms with van der Waals surface area (Å²) < 4.78 is 10.0. The van der Waals surface area contributed by atoms with Gasteiger partial charge in [-0.1, -0.05) is 30.3 Å². The summed E-state index contributed by atoms with van der Waals surface area (Å²) in [5.74, 6) is -0.928. The van der Waals surface area contributed by atoms with E-state index in [0.717, 1.165) is 0 Å². The molecule has 0 amide bonds. The molecule has 1 heterocycles. The van der Waals surface area contributed by atoms with E-state index in [2.05, 4.69) is 4.74 Å². The Labute approximate surface area is 121 Å². The third-order valence-electron chi connectivity index (χ3n) is 2.94. The molecule has 2 aromatic rings. The van der Waals surface area contributed by atoms with Gasteiger partial charge in [-0.25, -0.2) is 9.59 Å². The molecule has 1 N–H and O–H groups in total. The van der Waals surface area contributed by atoms with Gasteiger partial charge >= 0.3 is 11.9 Å². The van der Waals surface area contributed by atoms with Crippen LogP contribution in [0.1, 0.15) is 27.4 Å². The van der Waals surface area contributed by atoms with Crippen LogP contribution in [-0.4, -0.2) is 24.2 Å². The molecular formula is C16H14O5. The van der Waals surface area contributed by atoms with Crippen LogP contribution in [0.25, 0.3) is 11.6 Å². The summed E-state index contributed by atoms with van der Waals surface area (Å²) in [6.07, 6.45) is 1.39. The number of hydrogen-bond donors (Lipinski definition) is 1. The number of furan rings is 1. The minimum absolute atomic E-state index is 0.0840. The van der Waals surface area contributed by atoms with Crippen molar-refractivity contribution in [2.75, 3.05) is 7.11 Å². The molecule has 0 aliphatic rings. The van der Waals surface area contributed by atoms with Gasteiger partial charge in [0.1, 0.15) is 17.1 Å². The number of benzene rings is 1. The summed E-state index contributed by atoms with van der Waals surface area (Å²) in [6.45, 7) is 1.62. The van der Waals surface area contributed by atoms with Gasteiger partial charge in [-0.3, -0.25) is 0 Å². The standard InChI is InChI=1S/C16H14O5/c1-10-13(16(19)20-2)8-12(21-10)9-14(15(17)18)11-6-4-3-5-7-11/h3-9H,1-2H3,(H,17,18)/b14-9-. The van der Waals surface area contributed by atoms with E-state index in [1.807, 2.05) is 0 Å². The topological polar surface area (TPSA) is 76.7 Å². The first-order chi connectivity index (χ1) is 10.0. The number of hydrogen-bond acceptors (Lipinski definition) is 4. The summed E-state index contributed by atoms with van der Waals surface area (Å²) in [6, 6.07) is 10.1. The van der Waals surface area contributed by atoms with Gasteiger partial charge in [0.2, 0.25) is 0 Å². The average Bonchev–Trinajstić information content (AvgIpc) is 2.85. The predicted octanol–water partition coefficient (Wildman–Crippen LogP) is 3.00. The largest absolute Gasteiger partial charge is 0.478 e. The van der Waals surface area contributed by atoms with Gasteiger partial charge in [-0.15, -0.1) is 0 Å². The van der Waals surface area contributed by atoms with Crippen molar-refractivity contribution < 1.29 is 23.8 Å². The quantitative estimate of drug-likeness (QED) is 0.690. The SMILES string of the molecule is COC(=O)c1cc(/C=C(\C(=O)O)c2ccccc2)oc1C. The zero-order chi connectivity index (χ0) is 15.4. The smallest absolute Gasteiger partial charge is 0.341 e. The third-order valence-corrected chi connectivity index (χ3v) is 2.94. The number of rotatable bonds is 4. The van der Waals surface area contributed by atoms with Crippen LogP contribution in [0, 0.1) is 6.92 Å². The van der Waals surface area contributed by atoms with E-state index in [1.165, 1.54) is 19.3 Å². The number of methoxy groups -OCH3 is 1. The number of aliphatic carboxylic acids is 1. The third kappa shape index (κ3) is 3.20. The Balaban J connectivity index is 2.45. The second-order valence-electron chi connectivity index (χ2n) is 4.34. The normalized spacial score (nSPS) is 11.2. The Kier molecular flexibility index (Phi) is 4.23. The van der Waals surface area contributed by atoms with Crippen molar-refractivity contribution in [2.45, 2.75) is 6.92 Å². The van der Waals surface area contributed by atoms with E-state index >= 15 is 0 Å². The molecule has 2 rings (SSSR count). The van der Waals surface area contributed by atoms with E-state index in [-0.39, 0.29) is 16.9 Å². The molecule has 0 aliphatic heterocycles. The molecule has 0 atom stereocenters. The van der Waals surface area contributed by atoms with Crippen molar-refractivity contribution >= 4 is 23.6 Å². The van der Waals surface area contributed by atoms with Crippen molar-refractivity contribution in [1.29, 1.82) is 0 Å². The van der Waals surface area contributed by atoms with Crippen molar-refractivity contribution in [3.05, 3.63) is 59.0 Å². The van der Waals surface area contributed by atoms with Crippen LogP contribution in [0.5, 0.6) is 0 Å². The number of carbonyl (C=O) groups is 2. The molecule has 108 valence electrons. The maximum atomic E-state index is 11.5.